The first kappa shape index (κ1) is 21.3. The Balaban J connectivity index is 1.80. The summed E-state index contributed by atoms with van der Waals surface area (Å²) in [5.41, 5.74) is 12.2. The van der Waals surface area contributed by atoms with Gasteiger partial charge in [-0.2, -0.15) is 0 Å². The highest BCUT2D eigenvalue weighted by Crippen LogP contribution is 2.36. The maximum atomic E-state index is 12.3. The molecule has 0 saturated heterocycles. The van der Waals surface area contributed by atoms with Gasteiger partial charge in [-0.3, -0.25) is 0 Å². The van der Waals surface area contributed by atoms with Crippen molar-refractivity contribution < 1.29 is 9.53 Å². The molecule has 0 aliphatic heterocycles. The van der Waals surface area contributed by atoms with E-state index in [2.05, 4.69) is 10.6 Å². The lowest BCUT2D eigenvalue weighted by Gasteiger charge is -2.18. The van der Waals surface area contributed by atoms with Crippen molar-refractivity contribution in [3.63, 3.8) is 0 Å². The number of nitrogens with two attached hydrogens (primary N) is 1. The first-order valence-corrected chi connectivity index (χ1v) is 10.4. The quantitative estimate of drug-likeness (QED) is 0.224. The first-order chi connectivity index (χ1) is 15.5. The molecule has 0 spiro atoms. The highest BCUT2D eigenvalue weighted by Gasteiger charge is 2.15. The Kier molecular flexibility index (Phi) is 6.29. The lowest BCUT2D eigenvalue weighted by atomic mass is 9.98. The summed E-state index contributed by atoms with van der Waals surface area (Å²) in [5, 5.41) is 7.45. The number of nitrogens with one attached hydrogen (secondary N) is 2. The molecule has 0 unspecified atom stereocenters. The van der Waals surface area contributed by atoms with Gasteiger partial charge in [0.2, 0.25) is 0 Å². The number of carbonyl (C=O) groups excluding carboxylic acids is 1. The second kappa shape index (κ2) is 9.45. The van der Waals surface area contributed by atoms with E-state index in [-0.39, 0.29) is 5.97 Å². The van der Waals surface area contributed by atoms with Crippen molar-refractivity contribution in [3.05, 3.63) is 102 Å². The van der Waals surface area contributed by atoms with E-state index < -0.39 is 0 Å². The van der Waals surface area contributed by atoms with Crippen LogP contribution in [0.5, 0.6) is 0 Å². The summed E-state index contributed by atoms with van der Waals surface area (Å²) < 4.78 is 4.96. The Morgan fingerprint density at radius 1 is 0.812 bits per heavy atom. The summed E-state index contributed by atoms with van der Waals surface area (Å²) in [6.45, 7) is 0. The van der Waals surface area contributed by atoms with Crippen molar-refractivity contribution in [2.24, 2.45) is 0 Å². The van der Waals surface area contributed by atoms with Gasteiger partial charge >= 0.3 is 5.97 Å². The molecule has 4 aromatic rings. The van der Waals surface area contributed by atoms with Gasteiger partial charge in [-0.25, -0.2) is 4.79 Å². The highest BCUT2D eigenvalue weighted by molar-refractivity contribution is 6.30. The van der Waals surface area contributed by atoms with E-state index in [1.807, 2.05) is 84.9 Å². The van der Waals surface area contributed by atoms with Gasteiger partial charge in [-0.15, -0.1) is 0 Å². The summed E-state index contributed by atoms with van der Waals surface area (Å²) in [6, 6.07) is 28.3. The summed E-state index contributed by atoms with van der Waals surface area (Å²) >= 11 is 6.15. The summed E-state index contributed by atoms with van der Waals surface area (Å²) in [4.78, 5) is 12.3. The predicted molar refractivity (Wildman–Crippen MR) is 132 cm³/mol. The van der Waals surface area contributed by atoms with Crippen LogP contribution in [0.25, 0.3) is 11.1 Å². The molecule has 4 aromatic carbocycles. The smallest absolute Gasteiger partial charge is 0.338 e. The number of esters is 1. The Morgan fingerprint density at radius 3 is 2.38 bits per heavy atom. The molecule has 0 atom stereocenters. The fourth-order valence-corrected chi connectivity index (χ4v) is 3.61. The van der Waals surface area contributed by atoms with Gasteiger partial charge in [0.25, 0.3) is 0 Å². The van der Waals surface area contributed by atoms with Crippen LogP contribution >= 0.6 is 11.6 Å². The lowest BCUT2D eigenvalue weighted by molar-refractivity contribution is 0.0601. The van der Waals surface area contributed by atoms with Crippen LogP contribution in [0.2, 0.25) is 5.02 Å². The molecular weight excluding hydrogens is 422 g/mol. The fraction of sp³-hybridized carbons (Fsp3) is 0.0385. The molecule has 0 amide bonds. The second-order valence-corrected chi connectivity index (χ2v) is 7.58. The van der Waals surface area contributed by atoms with E-state index in [0.717, 1.165) is 33.9 Å². The van der Waals surface area contributed by atoms with Gasteiger partial charge in [-0.1, -0.05) is 54.1 Å². The Bertz CT molecular complexity index is 1270. The predicted octanol–water partition coefficient (Wildman–Crippen LogP) is 6.86. The largest absolute Gasteiger partial charge is 0.465 e. The molecule has 0 radical (unpaired) electrons. The first-order valence-electron chi connectivity index (χ1n) is 10.0. The van der Waals surface area contributed by atoms with Gasteiger partial charge < -0.3 is 21.1 Å². The average Bonchev–Trinajstić information content (AvgIpc) is 2.81. The second-order valence-electron chi connectivity index (χ2n) is 7.15. The third kappa shape index (κ3) is 4.68. The standard InChI is InChI=1S/C26H22ClN3O2/c1-32-26(31)21-10-3-2-9-20(21)17-13-14-24(29-19-8-6-7-18(27)16-19)25(15-17)30-23-12-5-4-11-22(23)28/h2-16,29-30H,28H2,1H3. The molecule has 0 aromatic heterocycles. The van der Waals surface area contributed by atoms with Crippen LogP contribution in [0.1, 0.15) is 10.4 Å². The molecule has 6 heteroatoms. The summed E-state index contributed by atoms with van der Waals surface area (Å²) in [6.07, 6.45) is 0. The molecule has 0 bridgehead atoms. The van der Waals surface area contributed by atoms with Crippen LogP contribution in [-0.2, 0) is 4.74 Å². The van der Waals surface area contributed by atoms with E-state index in [1.165, 1.54) is 7.11 Å². The molecule has 32 heavy (non-hydrogen) atoms. The topological polar surface area (TPSA) is 76.4 Å². The number of nitrogen functional groups attached to an aromatic ring is 1. The van der Waals surface area contributed by atoms with Crippen LogP contribution in [0.4, 0.5) is 28.4 Å². The van der Waals surface area contributed by atoms with Crippen LogP contribution in [0.3, 0.4) is 0 Å². The van der Waals surface area contributed by atoms with Gasteiger partial charge in [-0.05, 0) is 59.7 Å². The monoisotopic (exact) mass is 443 g/mol. The van der Waals surface area contributed by atoms with Gasteiger partial charge in [0.05, 0.1) is 35.4 Å². The van der Waals surface area contributed by atoms with E-state index in [4.69, 9.17) is 22.1 Å². The molecule has 4 rings (SSSR count). The van der Waals surface area contributed by atoms with Crippen molar-refractivity contribution in [2.75, 3.05) is 23.5 Å². The maximum Gasteiger partial charge on any atom is 0.338 e. The zero-order valence-corrected chi connectivity index (χ0v) is 18.2. The average molecular weight is 444 g/mol. The molecule has 160 valence electrons. The van der Waals surface area contributed by atoms with E-state index >= 15 is 0 Å². The normalized spacial score (nSPS) is 10.4. The van der Waals surface area contributed by atoms with Crippen molar-refractivity contribution >= 4 is 46.0 Å². The molecule has 0 saturated carbocycles. The fourth-order valence-electron chi connectivity index (χ4n) is 3.42. The van der Waals surface area contributed by atoms with Crippen LogP contribution in [-0.4, -0.2) is 13.1 Å². The number of anilines is 5. The molecule has 4 N–H and O–H groups in total. The molecule has 0 aliphatic rings. The minimum atomic E-state index is -0.386. The van der Waals surface area contributed by atoms with E-state index in [1.54, 1.807) is 6.07 Å². The minimum Gasteiger partial charge on any atom is -0.465 e. The minimum absolute atomic E-state index is 0.386. The zero-order chi connectivity index (χ0) is 22.5. The Hall–Kier alpha value is -3.96. The van der Waals surface area contributed by atoms with Gasteiger partial charge in [0, 0.05) is 10.7 Å². The lowest BCUT2D eigenvalue weighted by Crippen LogP contribution is -2.04. The van der Waals surface area contributed by atoms with Crippen LogP contribution in [0.15, 0.2) is 91.0 Å². The number of benzene rings is 4. The van der Waals surface area contributed by atoms with Gasteiger partial charge in [0.15, 0.2) is 0 Å². The van der Waals surface area contributed by atoms with E-state index in [0.29, 0.717) is 16.3 Å². The summed E-state index contributed by atoms with van der Waals surface area (Å²) in [7, 11) is 1.38. The third-order valence-electron chi connectivity index (χ3n) is 5.00. The number of halogens is 1. The number of carbonyl (C=O) groups is 1. The van der Waals surface area contributed by atoms with Crippen LogP contribution in [0, 0.1) is 0 Å². The van der Waals surface area contributed by atoms with Gasteiger partial charge in [0.1, 0.15) is 0 Å². The number of methoxy groups -OCH3 is 1. The zero-order valence-electron chi connectivity index (χ0n) is 17.4. The Morgan fingerprint density at radius 2 is 1.59 bits per heavy atom. The van der Waals surface area contributed by atoms with E-state index in [9.17, 15) is 4.79 Å². The van der Waals surface area contributed by atoms with Crippen molar-refractivity contribution in [1.82, 2.24) is 0 Å². The van der Waals surface area contributed by atoms with Crippen LogP contribution < -0.4 is 16.4 Å². The van der Waals surface area contributed by atoms with Crippen molar-refractivity contribution in [2.45, 2.75) is 0 Å². The molecule has 0 aliphatic carbocycles. The number of rotatable bonds is 6. The highest BCUT2D eigenvalue weighted by atomic mass is 35.5. The molecule has 0 heterocycles. The number of hydrogen-bond acceptors (Lipinski definition) is 5. The van der Waals surface area contributed by atoms with Crippen molar-refractivity contribution in [3.8, 4) is 11.1 Å². The maximum absolute atomic E-state index is 12.3. The number of hydrogen-bond donors (Lipinski definition) is 3. The SMILES string of the molecule is COC(=O)c1ccccc1-c1ccc(Nc2cccc(Cl)c2)c(Nc2ccccc2N)c1. The third-order valence-corrected chi connectivity index (χ3v) is 5.23. The van der Waals surface area contributed by atoms with Crippen molar-refractivity contribution in [1.29, 1.82) is 0 Å². The molecular formula is C26H22ClN3O2. The number of para-hydroxylation sites is 2. The molecule has 0 fully saturated rings. The molecule has 5 nitrogen and oxygen atoms in total. The Labute approximate surface area is 191 Å². The number of ether oxygens (including phenoxy) is 1. The summed E-state index contributed by atoms with van der Waals surface area (Å²) in [5.74, 6) is -0.386.